The van der Waals surface area contributed by atoms with Crippen LogP contribution in [0.3, 0.4) is 0 Å². The van der Waals surface area contributed by atoms with Crippen LogP contribution >= 0.6 is 0 Å². The number of ether oxygens (including phenoxy) is 1. The van der Waals surface area contributed by atoms with Gasteiger partial charge in [-0.2, -0.15) is 0 Å². The minimum absolute atomic E-state index is 0.0538. The molecule has 8 heteroatoms. The fourth-order valence-electron chi connectivity index (χ4n) is 1.95. The number of aliphatic carboxylic acids is 1. The Bertz CT molecular complexity index is 535. The minimum atomic E-state index is -1.00. The highest BCUT2D eigenvalue weighted by molar-refractivity contribution is 5.92. The molecule has 2 heterocycles. The second kappa shape index (κ2) is 5.19. The van der Waals surface area contributed by atoms with Crippen LogP contribution in [0, 0.1) is 5.92 Å². The standard InChI is InChI=1S/C11H13N3O5/c1-14(8-5-19-4-6(8)11(17)18)10(16)7-2-13-9(15)3-12-7/h2-3,6,8H,4-5H2,1H3,(H,13,15)(H,17,18). The number of nitrogens with zero attached hydrogens (tertiary/aromatic N) is 2. The van der Waals surface area contributed by atoms with Crippen LogP contribution in [-0.4, -0.2) is 58.2 Å². The molecule has 1 aliphatic rings. The molecule has 2 N–H and O–H groups in total. The van der Waals surface area contributed by atoms with Gasteiger partial charge in [0.2, 0.25) is 0 Å². The summed E-state index contributed by atoms with van der Waals surface area (Å²) in [5.74, 6) is -2.22. The third-order valence-electron chi connectivity index (χ3n) is 3.08. The van der Waals surface area contributed by atoms with Crippen molar-refractivity contribution >= 4 is 11.9 Å². The molecule has 0 aromatic carbocycles. The number of H-pyrrole nitrogens is 1. The number of aromatic nitrogens is 2. The molecular formula is C11H13N3O5. The van der Waals surface area contributed by atoms with Gasteiger partial charge in [-0.05, 0) is 0 Å². The highest BCUT2D eigenvalue weighted by Crippen LogP contribution is 2.20. The number of nitrogens with one attached hydrogen (secondary N) is 1. The van der Waals surface area contributed by atoms with Gasteiger partial charge < -0.3 is 19.7 Å². The zero-order chi connectivity index (χ0) is 14.0. The van der Waals surface area contributed by atoms with Crippen molar-refractivity contribution in [3.05, 3.63) is 28.4 Å². The van der Waals surface area contributed by atoms with E-state index >= 15 is 0 Å². The van der Waals surface area contributed by atoms with E-state index in [1.165, 1.54) is 18.1 Å². The highest BCUT2D eigenvalue weighted by Gasteiger charge is 2.38. The summed E-state index contributed by atoms with van der Waals surface area (Å²) in [5, 5.41) is 9.04. The molecule has 0 radical (unpaired) electrons. The molecule has 1 aromatic heterocycles. The summed E-state index contributed by atoms with van der Waals surface area (Å²) in [7, 11) is 1.49. The first-order chi connectivity index (χ1) is 9.00. The molecule has 2 atom stereocenters. The molecule has 2 unspecified atom stereocenters. The summed E-state index contributed by atoms with van der Waals surface area (Å²) in [6, 6.07) is -0.543. The van der Waals surface area contributed by atoms with Crippen LogP contribution in [-0.2, 0) is 9.53 Å². The first kappa shape index (κ1) is 13.2. The van der Waals surface area contributed by atoms with E-state index in [0.29, 0.717) is 0 Å². The van der Waals surface area contributed by atoms with Gasteiger partial charge in [0.15, 0.2) is 0 Å². The van der Waals surface area contributed by atoms with Crippen LogP contribution in [0.25, 0.3) is 0 Å². The molecule has 0 spiro atoms. The van der Waals surface area contributed by atoms with E-state index in [1.54, 1.807) is 0 Å². The molecule has 0 saturated carbocycles. The largest absolute Gasteiger partial charge is 0.481 e. The van der Waals surface area contributed by atoms with Gasteiger partial charge in [0.25, 0.3) is 11.5 Å². The van der Waals surface area contributed by atoms with Crippen LogP contribution in [0.2, 0.25) is 0 Å². The smallest absolute Gasteiger partial charge is 0.311 e. The molecule has 0 bridgehead atoms. The van der Waals surface area contributed by atoms with Gasteiger partial charge >= 0.3 is 5.97 Å². The van der Waals surface area contributed by atoms with E-state index in [4.69, 9.17) is 9.84 Å². The maximum atomic E-state index is 12.1. The lowest BCUT2D eigenvalue weighted by Crippen LogP contribution is -2.44. The summed E-state index contributed by atoms with van der Waals surface area (Å²) < 4.78 is 5.10. The number of likely N-dealkylation sites (N-methyl/N-ethyl adjacent to an activating group) is 1. The Labute approximate surface area is 108 Å². The molecule has 102 valence electrons. The van der Waals surface area contributed by atoms with Crippen LogP contribution in [0.15, 0.2) is 17.2 Å². The quantitative estimate of drug-likeness (QED) is 0.722. The van der Waals surface area contributed by atoms with E-state index in [9.17, 15) is 14.4 Å². The van der Waals surface area contributed by atoms with Crippen molar-refractivity contribution in [1.82, 2.24) is 14.9 Å². The van der Waals surface area contributed by atoms with Gasteiger partial charge in [0, 0.05) is 13.2 Å². The predicted molar refractivity (Wildman–Crippen MR) is 62.7 cm³/mol. The number of carbonyl (C=O) groups excluding carboxylic acids is 1. The zero-order valence-electron chi connectivity index (χ0n) is 10.2. The molecular weight excluding hydrogens is 254 g/mol. The number of rotatable bonds is 3. The van der Waals surface area contributed by atoms with E-state index < -0.39 is 29.4 Å². The number of hydrogen-bond acceptors (Lipinski definition) is 5. The third kappa shape index (κ3) is 2.63. The number of amides is 1. The maximum absolute atomic E-state index is 12.1. The molecule has 2 rings (SSSR count). The average Bonchev–Trinajstić information content (AvgIpc) is 2.87. The second-order valence-electron chi connectivity index (χ2n) is 4.26. The lowest BCUT2D eigenvalue weighted by Gasteiger charge is -2.25. The Balaban J connectivity index is 2.17. The van der Waals surface area contributed by atoms with Crippen LogP contribution in [0.1, 0.15) is 10.5 Å². The Morgan fingerprint density at radius 2 is 2.26 bits per heavy atom. The van der Waals surface area contributed by atoms with Gasteiger partial charge in [-0.1, -0.05) is 0 Å². The summed E-state index contributed by atoms with van der Waals surface area (Å²) in [4.78, 5) is 41.4. The monoisotopic (exact) mass is 267 g/mol. The maximum Gasteiger partial charge on any atom is 0.311 e. The number of aromatic amines is 1. The van der Waals surface area contributed by atoms with Crippen LogP contribution in [0.4, 0.5) is 0 Å². The van der Waals surface area contributed by atoms with Gasteiger partial charge in [0.05, 0.1) is 25.5 Å². The lowest BCUT2D eigenvalue weighted by molar-refractivity contribution is -0.142. The SMILES string of the molecule is CN(C(=O)c1c[nH]c(=O)cn1)C1COCC1C(=O)O. The molecule has 1 aliphatic heterocycles. The summed E-state index contributed by atoms with van der Waals surface area (Å²) in [5.41, 5.74) is -0.357. The topological polar surface area (TPSA) is 113 Å². The average molecular weight is 267 g/mol. The molecule has 1 fully saturated rings. The van der Waals surface area contributed by atoms with E-state index in [1.807, 2.05) is 0 Å². The molecule has 1 aromatic rings. The van der Waals surface area contributed by atoms with Crippen molar-refractivity contribution in [3.8, 4) is 0 Å². The van der Waals surface area contributed by atoms with E-state index in [-0.39, 0.29) is 18.9 Å². The molecule has 19 heavy (non-hydrogen) atoms. The molecule has 1 amide bonds. The van der Waals surface area contributed by atoms with Crippen molar-refractivity contribution < 1.29 is 19.4 Å². The summed E-state index contributed by atoms with van der Waals surface area (Å²) in [6.45, 7) is 0.249. The van der Waals surface area contributed by atoms with Gasteiger partial charge in [-0.25, -0.2) is 4.98 Å². The lowest BCUT2D eigenvalue weighted by atomic mass is 10.0. The zero-order valence-corrected chi connectivity index (χ0v) is 10.2. The molecule has 8 nitrogen and oxygen atoms in total. The minimum Gasteiger partial charge on any atom is -0.481 e. The number of hydrogen-bond donors (Lipinski definition) is 2. The molecule has 0 aliphatic carbocycles. The van der Waals surface area contributed by atoms with Gasteiger partial charge in [0.1, 0.15) is 11.6 Å². The van der Waals surface area contributed by atoms with Crippen molar-refractivity contribution in [1.29, 1.82) is 0 Å². The predicted octanol–water partition coefficient (Wildman–Crippen LogP) is -1.06. The Morgan fingerprint density at radius 3 is 2.84 bits per heavy atom. The first-order valence-electron chi connectivity index (χ1n) is 5.63. The fourth-order valence-corrected chi connectivity index (χ4v) is 1.95. The van der Waals surface area contributed by atoms with Crippen molar-refractivity contribution in [2.24, 2.45) is 5.92 Å². The van der Waals surface area contributed by atoms with E-state index in [2.05, 4.69) is 9.97 Å². The third-order valence-corrected chi connectivity index (χ3v) is 3.08. The fraction of sp³-hybridized carbons (Fsp3) is 0.455. The second-order valence-corrected chi connectivity index (χ2v) is 4.26. The van der Waals surface area contributed by atoms with Crippen LogP contribution < -0.4 is 5.56 Å². The summed E-state index contributed by atoms with van der Waals surface area (Å²) >= 11 is 0. The van der Waals surface area contributed by atoms with E-state index in [0.717, 1.165) is 6.20 Å². The van der Waals surface area contributed by atoms with Crippen molar-refractivity contribution in [3.63, 3.8) is 0 Å². The Hall–Kier alpha value is -2.22. The molecule has 1 saturated heterocycles. The highest BCUT2D eigenvalue weighted by atomic mass is 16.5. The first-order valence-corrected chi connectivity index (χ1v) is 5.63. The number of carboxylic acid groups (broad SMARTS) is 1. The van der Waals surface area contributed by atoms with Gasteiger partial charge in [-0.3, -0.25) is 14.4 Å². The normalized spacial score (nSPS) is 22.2. The number of carboxylic acids is 1. The number of carbonyl (C=O) groups is 2. The summed E-state index contributed by atoms with van der Waals surface area (Å²) in [6.07, 6.45) is 2.20. The van der Waals surface area contributed by atoms with Crippen LogP contribution in [0.5, 0.6) is 0 Å². The van der Waals surface area contributed by atoms with Gasteiger partial charge in [-0.15, -0.1) is 0 Å². The van der Waals surface area contributed by atoms with Crippen molar-refractivity contribution in [2.45, 2.75) is 6.04 Å². The Kier molecular flexibility index (Phi) is 3.61. The Morgan fingerprint density at radius 1 is 1.53 bits per heavy atom. The van der Waals surface area contributed by atoms with Crippen molar-refractivity contribution in [2.75, 3.05) is 20.3 Å².